The predicted octanol–water partition coefficient (Wildman–Crippen LogP) is 3.68. The number of nitrogens with one attached hydrogen (secondary N) is 1. The van der Waals surface area contributed by atoms with Crippen molar-refractivity contribution < 1.29 is 18.3 Å². The van der Waals surface area contributed by atoms with Crippen molar-refractivity contribution >= 4 is 35.0 Å². The largest absolute Gasteiger partial charge is 0.455 e. The van der Waals surface area contributed by atoms with Crippen LogP contribution in [0.25, 0.3) is 0 Å². The molecular weight excluding hydrogens is 379 g/mol. The number of hydrogen-bond donors (Lipinski definition) is 1. The van der Waals surface area contributed by atoms with Crippen molar-refractivity contribution in [1.82, 2.24) is 4.90 Å². The number of nitrogens with zero attached hydrogens (tertiary/aromatic N) is 1. The van der Waals surface area contributed by atoms with Crippen LogP contribution in [0.5, 0.6) is 0 Å². The summed E-state index contributed by atoms with van der Waals surface area (Å²) >= 11 is 7.02. The van der Waals surface area contributed by atoms with Gasteiger partial charge in [0.05, 0.1) is 24.0 Å². The van der Waals surface area contributed by atoms with Gasteiger partial charge >= 0.3 is 0 Å². The number of benzene rings is 1. The highest BCUT2D eigenvalue weighted by Gasteiger charge is 2.12. The highest BCUT2D eigenvalue weighted by atomic mass is 35.5. The Hall–Kier alpha value is -1.54. The van der Waals surface area contributed by atoms with Crippen molar-refractivity contribution in [2.45, 2.75) is 11.5 Å². The van der Waals surface area contributed by atoms with E-state index in [9.17, 15) is 9.18 Å². The third-order valence-electron chi connectivity index (χ3n) is 3.96. The quantitative estimate of drug-likeness (QED) is 0.721. The standard InChI is InChI=1S/C18H20ClFN2O3S/c19-15-11-13(1-3-16(15)20)21-17(23)12-26-18-4-2-14(25-18)5-6-22-7-9-24-10-8-22/h1-4,11H,5-10,12H2,(H,21,23). The summed E-state index contributed by atoms with van der Waals surface area (Å²) in [5.74, 6) is 0.388. The summed E-state index contributed by atoms with van der Waals surface area (Å²) in [5, 5.41) is 3.37. The molecule has 26 heavy (non-hydrogen) atoms. The van der Waals surface area contributed by atoms with Crippen LogP contribution in [0.3, 0.4) is 0 Å². The van der Waals surface area contributed by atoms with Gasteiger partial charge in [-0.15, -0.1) is 0 Å². The number of morpholine rings is 1. The third kappa shape index (κ3) is 5.74. The summed E-state index contributed by atoms with van der Waals surface area (Å²) in [4.78, 5) is 14.3. The van der Waals surface area contributed by atoms with Gasteiger partial charge in [0, 0.05) is 31.7 Å². The maximum absolute atomic E-state index is 13.1. The summed E-state index contributed by atoms with van der Waals surface area (Å²) in [6, 6.07) is 7.90. The minimum absolute atomic E-state index is 0.0219. The normalized spacial score (nSPS) is 15.2. The van der Waals surface area contributed by atoms with Crippen molar-refractivity contribution in [1.29, 1.82) is 0 Å². The van der Waals surface area contributed by atoms with Gasteiger partial charge in [0.15, 0.2) is 5.09 Å². The minimum Gasteiger partial charge on any atom is -0.455 e. The van der Waals surface area contributed by atoms with Crippen LogP contribution in [0.1, 0.15) is 5.76 Å². The van der Waals surface area contributed by atoms with Gasteiger partial charge in [0.25, 0.3) is 0 Å². The highest BCUT2D eigenvalue weighted by Crippen LogP contribution is 2.23. The first-order chi connectivity index (χ1) is 12.6. The van der Waals surface area contributed by atoms with Crippen LogP contribution in [0.15, 0.2) is 39.8 Å². The zero-order chi connectivity index (χ0) is 18.4. The number of carbonyl (C=O) groups excluding carboxylic acids is 1. The smallest absolute Gasteiger partial charge is 0.234 e. The fourth-order valence-electron chi connectivity index (χ4n) is 2.57. The van der Waals surface area contributed by atoms with Crippen LogP contribution in [0.4, 0.5) is 10.1 Å². The summed E-state index contributed by atoms with van der Waals surface area (Å²) in [5.41, 5.74) is 0.465. The zero-order valence-electron chi connectivity index (χ0n) is 14.2. The van der Waals surface area contributed by atoms with E-state index in [2.05, 4.69) is 10.2 Å². The molecule has 0 spiro atoms. The lowest BCUT2D eigenvalue weighted by Crippen LogP contribution is -2.37. The molecule has 8 heteroatoms. The number of halogens is 2. The summed E-state index contributed by atoms with van der Waals surface area (Å²) in [6.07, 6.45) is 0.834. The van der Waals surface area contributed by atoms with Crippen molar-refractivity contribution in [2.24, 2.45) is 0 Å². The molecule has 0 atom stereocenters. The topological polar surface area (TPSA) is 54.7 Å². The van der Waals surface area contributed by atoms with Gasteiger partial charge in [-0.1, -0.05) is 23.4 Å². The molecule has 1 aliphatic rings. The van der Waals surface area contributed by atoms with Crippen molar-refractivity contribution in [3.8, 4) is 0 Å². The summed E-state index contributed by atoms with van der Waals surface area (Å²) in [6.45, 7) is 4.42. The molecule has 1 N–H and O–H groups in total. The number of anilines is 1. The Balaban J connectivity index is 1.42. The zero-order valence-corrected chi connectivity index (χ0v) is 15.7. The Kier molecular flexibility index (Phi) is 6.96. The van der Waals surface area contributed by atoms with Crippen LogP contribution in [-0.2, 0) is 16.0 Å². The molecule has 2 heterocycles. The van der Waals surface area contributed by atoms with Crippen LogP contribution < -0.4 is 5.32 Å². The first kappa shape index (κ1) is 19.2. The van der Waals surface area contributed by atoms with Gasteiger partial charge < -0.3 is 14.5 Å². The second-order valence-corrected chi connectivity index (χ2v) is 7.28. The van der Waals surface area contributed by atoms with Crippen molar-refractivity contribution in [2.75, 3.05) is 43.9 Å². The molecule has 1 aliphatic heterocycles. The first-order valence-electron chi connectivity index (χ1n) is 8.36. The van der Waals surface area contributed by atoms with Gasteiger partial charge in [-0.2, -0.15) is 0 Å². The molecule has 1 amide bonds. The van der Waals surface area contributed by atoms with E-state index in [1.165, 1.54) is 30.0 Å². The molecule has 1 aromatic heterocycles. The van der Waals surface area contributed by atoms with E-state index in [-0.39, 0.29) is 16.7 Å². The number of hydrogen-bond acceptors (Lipinski definition) is 5. The van der Waals surface area contributed by atoms with E-state index < -0.39 is 5.82 Å². The van der Waals surface area contributed by atoms with Gasteiger partial charge in [-0.25, -0.2) is 4.39 Å². The van der Waals surface area contributed by atoms with E-state index in [1.54, 1.807) is 0 Å². The van der Waals surface area contributed by atoms with Gasteiger partial charge in [0.1, 0.15) is 11.6 Å². The molecule has 0 radical (unpaired) electrons. The highest BCUT2D eigenvalue weighted by molar-refractivity contribution is 7.99. The number of thioether (sulfide) groups is 1. The number of carbonyl (C=O) groups is 1. The molecule has 1 aromatic carbocycles. The van der Waals surface area contributed by atoms with Gasteiger partial charge in [0.2, 0.25) is 5.91 Å². The third-order valence-corrected chi connectivity index (χ3v) is 5.16. The van der Waals surface area contributed by atoms with Crippen LogP contribution in [0, 0.1) is 5.82 Å². The second-order valence-electron chi connectivity index (χ2n) is 5.89. The molecule has 1 fully saturated rings. The van der Waals surface area contributed by atoms with E-state index in [0.717, 1.165) is 45.0 Å². The van der Waals surface area contributed by atoms with Crippen molar-refractivity contribution in [3.05, 3.63) is 46.9 Å². The van der Waals surface area contributed by atoms with Crippen LogP contribution in [-0.4, -0.2) is 49.4 Å². The van der Waals surface area contributed by atoms with Gasteiger partial charge in [-0.05, 0) is 30.3 Å². The predicted molar refractivity (Wildman–Crippen MR) is 100 cm³/mol. The lowest BCUT2D eigenvalue weighted by Gasteiger charge is -2.25. The second kappa shape index (κ2) is 9.41. The lowest BCUT2D eigenvalue weighted by molar-refractivity contribution is -0.113. The Labute approximate surface area is 160 Å². The Morgan fingerprint density at radius 3 is 2.85 bits per heavy atom. The summed E-state index contributed by atoms with van der Waals surface area (Å²) in [7, 11) is 0. The molecule has 0 saturated carbocycles. The minimum atomic E-state index is -0.515. The molecule has 0 bridgehead atoms. The molecule has 5 nitrogen and oxygen atoms in total. The van der Waals surface area contributed by atoms with E-state index in [1.807, 2.05) is 12.1 Å². The molecule has 0 aliphatic carbocycles. The SMILES string of the molecule is O=C(CSc1ccc(CCN2CCOCC2)o1)Nc1ccc(F)c(Cl)c1. The maximum Gasteiger partial charge on any atom is 0.234 e. The number of amides is 1. The summed E-state index contributed by atoms with van der Waals surface area (Å²) < 4.78 is 24.2. The van der Waals surface area contributed by atoms with Crippen LogP contribution in [0.2, 0.25) is 5.02 Å². The van der Waals surface area contributed by atoms with E-state index in [4.69, 9.17) is 20.8 Å². The molecular formula is C18H20ClFN2O3S. The van der Waals surface area contributed by atoms with Crippen molar-refractivity contribution in [3.63, 3.8) is 0 Å². The molecule has 1 saturated heterocycles. The number of rotatable bonds is 7. The molecule has 2 aromatic rings. The lowest BCUT2D eigenvalue weighted by atomic mass is 10.3. The first-order valence-corrected chi connectivity index (χ1v) is 9.73. The molecule has 140 valence electrons. The average molecular weight is 399 g/mol. The Morgan fingerprint density at radius 2 is 2.08 bits per heavy atom. The fourth-order valence-corrected chi connectivity index (χ4v) is 3.43. The molecule has 3 rings (SSSR count). The Morgan fingerprint density at radius 1 is 1.27 bits per heavy atom. The fraction of sp³-hybridized carbons (Fsp3) is 0.389. The molecule has 0 unspecified atom stereocenters. The maximum atomic E-state index is 13.1. The average Bonchev–Trinajstić information content (AvgIpc) is 3.10. The Bertz CT molecular complexity index is 750. The van der Waals surface area contributed by atoms with E-state index >= 15 is 0 Å². The monoisotopic (exact) mass is 398 g/mol. The number of furan rings is 1. The van der Waals surface area contributed by atoms with E-state index in [0.29, 0.717) is 10.8 Å². The van der Waals surface area contributed by atoms with Gasteiger partial charge in [-0.3, -0.25) is 9.69 Å². The number of ether oxygens (including phenoxy) is 1. The van der Waals surface area contributed by atoms with Crippen LogP contribution >= 0.6 is 23.4 Å².